The van der Waals surface area contributed by atoms with E-state index in [2.05, 4.69) is 0 Å². The molecular formula is C11H10O3S2. The number of aliphatic hydroxyl groups excluding tert-OH is 1. The number of rotatable bonds is 3. The molecule has 3 nitrogen and oxygen atoms in total. The van der Waals surface area contributed by atoms with Crippen LogP contribution >= 0.6 is 22.7 Å². The molecule has 0 aliphatic rings. The fraction of sp³-hybridized carbons (Fsp3) is 0.182. The second-order valence-corrected chi connectivity index (χ2v) is 5.27. The normalized spacial score (nSPS) is 12.6. The highest BCUT2D eigenvalue weighted by Gasteiger charge is 2.22. The molecule has 84 valence electrons. The van der Waals surface area contributed by atoms with Crippen molar-refractivity contribution in [3.63, 3.8) is 0 Å². The Balaban J connectivity index is 2.42. The third-order valence-corrected chi connectivity index (χ3v) is 4.36. The van der Waals surface area contributed by atoms with Gasteiger partial charge in [-0.25, -0.2) is 4.79 Å². The number of hydrogen-bond donors (Lipinski definition) is 2. The van der Waals surface area contributed by atoms with Crippen LogP contribution < -0.4 is 0 Å². The van der Waals surface area contributed by atoms with Gasteiger partial charge < -0.3 is 10.2 Å². The molecule has 0 aliphatic heterocycles. The van der Waals surface area contributed by atoms with Crippen molar-refractivity contribution in [1.82, 2.24) is 0 Å². The lowest BCUT2D eigenvalue weighted by molar-refractivity contribution is 0.0692. The maximum Gasteiger partial charge on any atom is 0.336 e. The summed E-state index contributed by atoms with van der Waals surface area (Å²) in [5.74, 6) is -0.996. The third kappa shape index (κ3) is 1.89. The van der Waals surface area contributed by atoms with Gasteiger partial charge in [0.1, 0.15) is 6.10 Å². The maximum atomic E-state index is 10.9. The van der Waals surface area contributed by atoms with Gasteiger partial charge in [-0.05, 0) is 35.4 Å². The molecule has 0 amide bonds. The van der Waals surface area contributed by atoms with Crippen LogP contribution in [0.5, 0.6) is 0 Å². The molecule has 0 radical (unpaired) electrons. The first-order chi connectivity index (χ1) is 7.61. The molecule has 5 heteroatoms. The Bertz CT molecular complexity index is 513. The van der Waals surface area contributed by atoms with E-state index < -0.39 is 12.1 Å². The molecule has 0 fully saturated rings. The summed E-state index contributed by atoms with van der Waals surface area (Å²) < 4.78 is 0. The van der Waals surface area contributed by atoms with Gasteiger partial charge in [0.25, 0.3) is 0 Å². The average Bonchev–Trinajstić information content (AvgIpc) is 2.84. The van der Waals surface area contributed by atoms with Crippen LogP contribution in [0.25, 0.3) is 0 Å². The molecular weight excluding hydrogens is 244 g/mol. The van der Waals surface area contributed by atoms with Crippen molar-refractivity contribution in [1.29, 1.82) is 0 Å². The van der Waals surface area contributed by atoms with Gasteiger partial charge in [-0.15, -0.1) is 22.7 Å². The van der Waals surface area contributed by atoms with Gasteiger partial charge in [0.2, 0.25) is 0 Å². The van der Waals surface area contributed by atoms with Gasteiger partial charge in [-0.1, -0.05) is 0 Å². The number of hydrogen-bond acceptors (Lipinski definition) is 4. The molecule has 0 aromatic carbocycles. The minimum absolute atomic E-state index is 0.185. The molecule has 0 saturated heterocycles. The smallest absolute Gasteiger partial charge is 0.336 e. The van der Waals surface area contributed by atoms with Gasteiger partial charge in [0, 0.05) is 4.88 Å². The fourth-order valence-electron chi connectivity index (χ4n) is 1.49. The van der Waals surface area contributed by atoms with E-state index in [-0.39, 0.29) is 5.56 Å². The molecule has 0 aliphatic carbocycles. The van der Waals surface area contributed by atoms with E-state index in [1.165, 1.54) is 28.7 Å². The van der Waals surface area contributed by atoms with E-state index in [0.29, 0.717) is 4.88 Å². The Hall–Kier alpha value is -1.17. The molecule has 2 aromatic rings. The van der Waals surface area contributed by atoms with E-state index in [4.69, 9.17) is 5.11 Å². The van der Waals surface area contributed by atoms with Crippen LogP contribution in [0.4, 0.5) is 0 Å². The number of thiophene rings is 2. The second-order valence-electron chi connectivity index (χ2n) is 3.37. The summed E-state index contributed by atoms with van der Waals surface area (Å²) in [7, 11) is 0. The van der Waals surface area contributed by atoms with Crippen molar-refractivity contribution < 1.29 is 15.0 Å². The molecule has 1 atom stereocenters. The first-order valence-electron chi connectivity index (χ1n) is 4.64. The van der Waals surface area contributed by atoms with Crippen molar-refractivity contribution in [2.75, 3.05) is 0 Å². The van der Waals surface area contributed by atoms with Crippen LogP contribution in [0, 0.1) is 6.92 Å². The highest BCUT2D eigenvalue weighted by atomic mass is 32.1. The Morgan fingerprint density at radius 3 is 2.44 bits per heavy atom. The average molecular weight is 254 g/mol. The summed E-state index contributed by atoms with van der Waals surface area (Å²) in [5, 5.41) is 22.7. The molecule has 0 saturated carbocycles. The van der Waals surface area contributed by atoms with Crippen LogP contribution in [0.1, 0.15) is 31.8 Å². The number of carboxylic acid groups (broad SMARTS) is 1. The quantitative estimate of drug-likeness (QED) is 0.885. The molecule has 0 bridgehead atoms. The number of aromatic carboxylic acids is 1. The van der Waals surface area contributed by atoms with E-state index in [9.17, 15) is 9.90 Å². The van der Waals surface area contributed by atoms with Crippen LogP contribution in [-0.2, 0) is 0 Å². The number of aliphatic hydroxyl groups is 1. The SMILES string of the molecule is Cc1ccsc1C(O)c1sccc1C(=O)O. The van der Waals surface area contributed by atoms with Gasteiger partial charge in [0.15, 0.2) is 0 Å². The van der Waals surface area contributed by atoms with Crippen LogP contribution in [0.2, 0.25) is 0 Å². The third-order valence-electron chi connectivity index (χ3n) is 2.32. The summed E-state index contributed by atoms with van der Waals surface area (Å²) in [6.07, 6.45) is -0.828. The zero-order valence-corrected chi connectivity index (χ0v) is 10.1. The topological polar surface area (TPSA) is 57.5 Å². The summed E-state index contributed by atoms with van der Waals surface area (Å²) in [5.41, 5.74) is 1.17. The van der Waals surface area contributed by atoms with E-state index in [0.717, 1.165) is 10.4 Å². The van der Waals surface area contributed by atoms with Crippen molar-refractivity contribution in [2.24, 2.45) is 0 Å². The zero-order chi connectivity index (χ0) is 11.7. The Morgan fingerprint density at radius 1 is 1.25 bits per heavy atom. The van der Waals surface area contributed by atoms with Gasteiger partial charge >= 0.3 is 5.97 Å². The van der Waals surface area contributed by atoms with Crippen LogP contribution in [0.3, 0.4) is 0 Å². The maximum absolute atomic E-state index is 10.9. The Morgan fingerprint density at radius 2 is 1.88 bits per heavy atom. The molecule has 0 spiro atoms. The molecule has 2 rings (SSSR count). The fourth-order valence-corrected chi connectivity index (χ4v) is 3.37. The molecule has 2 N–H and O–H groups in total. The summed E-state index contributed by atoms with van der Waals surface area (Å²) in [6, 6.07) is 3.44. The summed E-state index contributed by atoms with van der Waals surface area (Å²) in [6.45, 7) is 1.91. The van der Waals surface area contributed by atoms with Crippen molar-refractivity contribution in [3.8, 4) is 0 Å². The minimum atomic E-state index is -0.996. The predicted molar refractivity (Wildman–Crippen MR) is 64.4 cm³/mol. The predicted octanol–water partition coefficient (Wildman–Crippen LogP) is 2.90. The highest BCUT2D eigenvalue weighted by molar-refractivity contribution is 7.12. The first kappa shape index (κ1) is 11.3. The molecule has 2 aromatic heterocycles. The van der Waals surface area contributed by atoms with Crippen molar-refractivity contribution in [3.05, 3.63) is 43.8 Å². The lowest BCUT2D eigenvalue weighted by atomic mass is 10.1. The minimum Gasteiger partial charge on any atom is -0.478 e. The van der Waals surface area contributed by atoms with E-state index >= 15 is 0 Å². The van der Waals surface area contributed by atoms with Gasteiger partial charge in [0.05, 0.1) is 10.4 Å². The second kappa shape index (κ2) is 4.37. The number of carbonyl (C=O) groups is 1. The Kier molecular flexibility index (Phi) is 3.09. The summed E-state index contributed by atoms with van der Waals surface area (Å²) in [4.78, 5) is 12.2. The lowest BCUT2D eigenvalue weighted by Crippen LogP contribution is -2.04. The van der Waals surface area contributed by atoms with Gasteiger partial charge in [-0.2, -0.15) is 0 Å². The van der Waals surface area contributed by atoms with Crippen LogP contribution in [0.15, 0.2) is 22.9 Å². The van der Waals surface area contributed by atoms with Crippen molar-refractivity contribution in [2.45, 2.75) is 13.0 Å². The molecule has 2 heterocycles. The van der Waals surface area contributed by atoms with Crippen LogP contribution in [-0.4, -0.2) is 16.2 Å². The van der Waals surface area contributed by atoms with E-state index in [1.807, 2.05) is 18.4 Å². The first-order valence-corrected chi connectivity index (χ1v) is 6.40. The van der Waals surface area contributed by atoms with E-state index in [1.54, 1.807) is 5.38 Å². The summed E-state index contributed by atoms with van der Waals surface area (Å²) >= 11 is 2.71. The lowest BCUT2D eigenvalue weighted by Gasteiger charge is -2.09. The van der Waals surface area contributed by atoms with Gasteiger partial charge in [-0.3, -0.25) is 0 Å². The highest BCUT2D eigenvalue weighted by Crippen LogP contribution is 2.34. The number of carboxylic acids is 1. The molecule has 1 unspecified atom stereocenters. The number of aryl methyl sites for hydroxylation is 1. The monoisotopic (exact) mass is 254 g/mol. The zero-order valence-electron chi connectivity index (χ0n) is 8.51. The van der Waals surface area contributed by atoms with Crippen molar-refractivity contribution >= 4 is 28.6 Å². The molecule has 16 heavy (non-hydrogen) atoms. The standard InChI is InChI=1S/C11H10O3S2/c1-6-2-4-15-9(6)8(12)10-7(11(13)14)3-5-16-10/h2-5,8,12H,1H3,(H,13,14). The largest absolute Gasteiger partial charge is 0.478 e. The Labute approximate surface area is 101 Å².